The Morgan fingerprint density at radius 2 is 2.22 bits per heavy atom. The lowest BCUT2D eigenvalue weighted by Crippen LogP contribution is -2.40. The molecule has 0 aromatic heterocycles. The van der Waals surface area contributed by atoms with E-state index in [1.54, 1.807) is 0 Å². The number of hydrogen-bond acceptors (Lipinski definition) is 2. The zero-order valence-electron chi connectivity index (χ0n) is 10.8. The highest BCUT2D eigenvalue weighted by molar-refractivity contribution is 6.18. The number of halogens is 1. The summed E-state index contributed by atoms with van der Waals surface area (Å²) >= 11 is 6.09. The number of para-hydroxylation sites is 1. The van der Waals surface area contributed by atoms with Gasteiger partial charge in [0.05, 0.1) is 0 Å². The molecule has 18 heavy (non-hydrogen) atoms. The lowest BCUT2D eigenvalue weighted by Gasteiger charge is -2.27. The summed E-state index contributed by atoms with van der Waals surface area (Å²) in [4.78, 5) is 2.51. The molecule has 3 unspecified atom stereocenters. The molecule has 2 aliphatic rings. The molecule has 0 saturated carbocycles. The van der Waals surface area contributed by atoms with Gasteiger partial charge in [0, 0.05) is 24.9 Å². The highest BCUT2D eigenvalue weighted by Gasteiger charge is 2.33. The zero-order valence-corrected chi connectivity index (χ0v) is 11.6. The maximum absolute atomic E-state index is 6.09. The summed E-state index contributed by atoms with van der Waals surface area (Å²) in [5, 5.41) is 0. The van der Waals surface area contributed by atoms with Crippen molar-refractivity contribution in [3.8, 4) is 5.75 Å². The number of fused-ring (bicyclic) bond motifs is 1. The number of alkyl halides is 1. The average molecular weight is 266 g/mol. The van der Waals surface area contributed by atoms with Crippen LogP contribution in [0.15, 0.2) is 24.3 Å². The molecule has 98 valence electrons. The Balaban J connectivity index is 1.63. The third-order valence-corrected chi connectivity index (χ3v) is 4.62. The molecule has 0 N–H and O–H groups in total. The second kappa shape index (κ2) is 5.10. The fraction of sp³-hybridized carbons (Fsp3) is 0.600. The van der Waals surface area contributed by atoms with E-state index >= 15 is 0 Å². The molecule has 0 aliphatic carbocycles. The summed E-state index contributed by atoms with van der Waals surface area (Å²) in [5.74, 6) is 2.52. The summed E-state index contributed by atoms with van der Waals surface area (Å²) in [7, 11) is 0. The van der Waals surface area contributed by atoms with Crippen LogP contribution in [0.5, 0.6) is 5.75 Å². The molecule has 3 rings (SSSR count). The first kappa shape index (κ1) is 12.3. The van der Waals surface area contributed by atoms with E-state index < -0.39 is 0 Å². The fourth-order valence-electron chi connectivity index (χ4n) is 3.18. The topological polar surface area (TPSA) is 12.5 Å². The minimum Gasteiger partial charge on any atom is -0.488 e. The van der Waals surface area contributed by atoms with Crippen LogP contribution in [0, 0.1) is 5.92 Å². The van der Waals surface area contributed by atoms with E-state index in [1.807, 2.05) is 6.07 Å². The summed E-state index contributed by atoms with van der Waals surface area (Å²) in [6.45, 7) is 4.47. The number of likely N-dealkylation sites (tertiary alicyclic amines) is 1. The second-order valence-electron chi connectivity index (χ2n) is 5.53. The van der Waals surface area contributed by atoms with Gasteiger partial charge in [-0.3, -0.25) is 4.90 Å². The Morgan fingerprint density at radius 1 is 1.39 bits per heavy atom. The average Bonchev–Trinajstić information content (AvgIpc) is 2.93. The van der Waals surface area contributed by atoms with Gasteiger partial charge < -0.3 is 4.74 Å². The molecule has 1 fully saturated rings. The van der Waals surface area contributed by atoms with E-state index in [-0.39, 0.29) is 0 Å². The molecule has 1 saturated heterocycles. The van der Waals surface area contributed by atoms with Crippen LogP contribution < -0.4 is 4.74 Å². The summed E-state index contributed by atoms with van der Waals surface area (Å²) in [6, 6.07) is 8.89. The van der Waals surface area contributed by atoms with Crippen LogP contribution in [0.4, 0.5) is 0 Å². The van der Waals surface area contributed by atoms with Gasteiger partial charge in [0.25, 0.3) is 0 Å². The van der Waals surface area contributed by atoms with Crippen LogP contribution >= 0.6 is 11.6 Å². The van der Waals surface area contributed by atoms with Crippen molar-refractivity contribution in [1.82, 2.24) is 4.90 Å². The monoisotopic (exact) mass is 265 g/mol. The second-order valence-corrected chi connectivity index (χ2v) is 5.84. The lowest BCUT2D eigenvalue weighted by molar-refractivity contribution is 0.141. The van der Waals surface area contributed by atoms with Gasteiger partial charge >= 0.3 is 0 Å². The van der Waals surface area contributed by atoms with Crippen molar-refractivity contribution in [1.29, 1.82) is 0 Å². The van der Waals surface area contributed by atoms with E-state index in [0.29, 0.717) is 18.1 Å². The standard InChI is InChI=1S/C15H20ClNO/c1-11-6-7-17(14(11)9-16)10-13-8-12-4-2-3-5-15(12)18-13/h2-5,11,13-14H,6-10H2,1H3. The number of hydrogen-bond donors (Lipinski definition) is 0. The fourth-order valence-corrected chi connectivity index (χ4v) is 3.68. The highest BCUT2D eigenvalue weighted by Crippen LogP contribution is 2.31. The van der Waals surface area contributed by atoms with Crippen molar-refractivity contribution >= 4 is 11.6 Å². The van der Waals surface area contributed by atoms with Crippen LogP contribution in [0.1, 0.15) is 18.9 Å². The highest BCUT2D eigenvalue weighted by atomic mass is 35.5. The minimum atomic E-state index is 0.304. The van der Waals surface area contributed by atoms with Gasteiger partial charge in [0.1, 0.15) is 11.9 Å². The number of ether oxygens (including phenoxy) is 1. The lowest BCUT2D eigenvalue weighted by atomic mass is 10.0. The smallest absolute Gasteiger partial charge is 0.123 e. The maximum atomic E-state index is 6.09. The van der Waals surface area contributed by atoms with Crippen LogP contribution in [0.3, 0.4) is 0 Å². The maximum Gasteiger partial charge on any atom is 0.123 e. The molecular formula is C15H20ClNO. The van der Waals surface area contributed by atoms with Crippen molar-refractivity contribution in [2.45, 2.75) is 31.9 Å². The summed E-state index contributed by atoms with van der Waals surface area (Å²) in [5.41, 5.74) is 1.34. The summed E-state index contributed by atoms with van der Waals surface area (Å²) < 4.78 is 6.01. The predicted molar refractivity (Wildman–Crippen MR) is 74.4 cm³/mol. The quantitative estimate of drug-likeness (QED) is 0.779. The van der Waals surface area contributed by atoms with E-state index in [0.717, 1.165) is 31.1 Å². The van der Waals surface area contributed by atoms with Gasteiger partial charge in [0.2, 0.25) is 0 Å². The molecule has 0 spiro atoms. The summed E-state index contributed by atoms with van der Waals surface area (Å²) in [6.07, 6.45) is 2.60. The Labute approximate surface area is 114 Å². The van der Waals surface area contributed by atoms with Gasteiger partial charge in [-0.2, -0.15) is 0 Å². The molecule has 1 aromatic rings. The molecule has 3 heteroatoms. The van der Waals surface area contributed by atoms with Crippen LogP contribution in [-0.2, 0) is 6.42 Å². The van der Waals surface area contributed by atoms with Gasteiger partial charge in [-0.05, 0) is 30.5 Å². The van der Waals surface area contributed by atoms with Crippen molar-refractivity contribution in [2.75, 3.05) is 19.0 Å². The minimum absolute atomic E-state index is 0.304. The molecule has 1 aromatic carbocycles. The first-order valence-corrected chi connectivity index (χ1v) is 7.36. The molecule has 2 heterocycles. The van der Waals surface area contributed by atoms with Crippen LogP contribution in [0.2, 0.25) is 0 Å². The normalized spacial score (nSPS) is 31.3. The van der Waals surface area contributed by atoms with E-state index in [2.05, 4.69) is 30.0 Å². The van der Waals surface area contributed by atoms with E-state index in [1.165, 1.54) is 12.0 Å². The largest absolute Gasteiger partial charge is 0.488 e. The molecule has 0 radical (unpaired) electrons. The van der Waals surface area contributed by atoms with E-state index in [9.17, 15) is 0 Å². The Bertz CT molecular complexity index is 398. The van der Waals surface area contributed by atoms with Crippen molar-refractivity contribution < 1.29 is 4.74 Å². The molecule has 3 atom stereocenters. The number of benzene rings is 1. The molecule has 2 aliphatic heterocycles. The van der Waals surface area contributed by atoms with Crippen molar-refractivity contribution in [2.24, 2.45) is 5.92 Å². The van der Waals surface area contributed by atoms with Gasteiger partial charge in [-0.25, -0.2) is 0 Å². The third kappa shape index (κ3) is 2.24. The number of rotatable bonds is 3. The molecule has 2 nitrogen and oxygen atoms in total. The van der Waals surface area contributed by atoms with Gasteiger partial charge in [0.15, 0.2) is 0 Å². The SMILES string of the molecule is CC1CCN(CC2Cc3ccccc3O2)C1CCl. The third-order valence-electron chi connectivity index (χ3n) is 4.31. The van der Waals surface area contributed by atoms with Gasteiger partial charge in [-0.1, -0.05) is 25.1 Å². The number of nitrogens with zero attached hydrogens (tertiary/aromatic N) is 1. The van der Waals surface area contributed by atoms with Crippen LogP contribution in [-0.4, -0.2) is 36.0 Å². The Hall–Kier alpha value is -0.730. The zero-order chi connectivity index (χ0) is 12.5. The van der Waals surface area contributed by atoms with Crippen molar-refractivity contribution in [3.63, 3.8) is 0 Å². The van der Waals surface area contributed by atoms with E-state index in [4.69, 9.17) is 16.3 Å². The first-order valence-electron chi connectivity index (χ1n) is 6.82. The van der Waals surface area contributed by atoms with Gasteiger partial charge in [-0.15, -0.1) is 11.6 Å². The molecule has 0 amide bonds. The Morgan fingerprint density at radius 3 is 3.00 bits per heavy atom. The first-order chi connectivity index (χ1) is 8.78. The molecular weight excluding hydrogens is 246 g/mol. The predicted octanol–water partition coefficient (Wildman–Crippen LogP) is 2.94. The Kier molecular flexibility index (Phi) is 3.49. The van der Waals surface area contributed by atoms with Crippen LogP contribution in [0.25, 0.3) is 0 Å². The molecule has 0 bridgehead atoms. The van der Waals surface area contributed by atoms with Crippen molar-refractivity contribution in [3.05, 3.63) is 29.8 Å².